The molecule has 0 aliphatic carbocycles. The van der Waals surface area contributed by atoms with Gasteiger partial charge in [-0.25, -0.2) is 14.8 Å². The van der Waals surface area contributed by atoms with E-state index in [9.17, 15) is 9.59 Å². The highest BCUT2D eigenvalue weighted by molar-refractivity contribution is 5.65. The van der Waals surface area contributed by atoms with Crippen molar-refractivity contribution in [2.45, 2.75) is 76.4 Å². The van der Waals surface area contributed by atoms with Crippen molar-refractivity contribution in [3.8, 4) is 0 Å². The zero-order valence-corrected chi connectivity index (χ0v) is 17.0. The number of hydrogen-bond acceptors (Lipinski definition) is 5. The Kier molecular flexibility index (Phi) is 7.24. The number of allylic oxidation sites excluding steroid dienone is 4. The lowest BCUT2D eigenvalue weighted by Gasteiger charge is -2.06. The molecule has 2 aromatic rings. The lowest BCUT2D eigenvalue weighted by Crippen LogP contribution is -2.25. The van der Waals surface area contributed by atoms with Crippen LogP contribution in [0.2, 0.25) is 0 Å². The van der Waals surface area contributed by atoms with E-state index in [4.69, 9.17) is 0 Å². The van der Waals surface area contributed by atoms with E-state index in [2.05, 4.69) is 15.0 Å². The Morgan fingerprint density at radius 3 is 1.72 bits per heavy atom. The Morgan fingerprint density at radius 2 is 1.17 bits per heavy atom. The van der Waals surface area contributed by atoms with Crippen LogP contribution in [0.25, 0.3) is 11.1 Å². The van der Waals surface area contributed by atoms with E-state index in [0.29, 0.717) is 18.9 Å². The molecule has 4 rings (SSSR count). The molecule has 2 aliphatic heterocycles. The van der Waals surface area contributed by atoms with Crippen LogP contribution in [0.3, 0.4) is 0 Å². The van der Waals surface area contributed by atoms with E-state index >= 15 is 0 Å². The number of rotatable bonds is 0. The molecule has 29 heavy (non-hydrogen) atoms. The number of aromatic nitrogens is 5. The van der Waals surface area contributed by atoms with Gasteiger partial charge in [0.1, 0.15) is 17.5 Å². The molecular formula is C22H33N5O2. The molecule has 0 fully saturated rings. The van der Waals surface area contributed by atoms with Gasteiger partial charge in [-0.3, -0.25) is 13.9 Å². The van der Waals surface area contributed by atoms with Gasteiger partial charge >= 0.3 is 5.69 Å². The molecule has 0 N–H and O–H groups in total. The predicted octanol–water partition coefficient (Wildman–Crippen LogP) is 3.69. The van der Waals surface area contributed by atoms with Crippen LogP contribution in [0.5, 0.6) is 0 Å². The first-order chi connectivity index (χ1) is 12.6. The van der Waals surface area contributed by atoms with E-state index in [1.165, 1.54) is 11.1 Å². The van der Waals surface area contributed by atoms with Crippen molar-refractivity contribution in [1.82, 2.24) is 24.1 Å². The third kappa shape index (κ3) is 4.13. The van der Waals surface area contributed by atoms with Gasteiger partial charge in [0.05, 0.1) is 6.54 Å². The zero-order valence-electron chi connectivity index (χ0n) is 17.0. The summed E-state index contributed by atoms with van der Waals surface area (Å²) in [5.74, 6) is 2.16. The van der Waals surface area contributed by atoms with Gasteiger partial charge < -0.3 is 0 Å². The van der Waals surface area contributed by atoms with Gasteiger partial charge in [0, 0.05) is 17.8 Å². The van der Waals surface area contributed by atoms with E-state index < -0.39 is 0 Å². The Morgan fingerprint density at radius 1 is 0.690 bits per heavy atom. The molecule has 0 unspecified atom stereocenters. The van der Waals surface area contributed by atoms with Gasteiger partial charge in [0.25, 0.3) is 5.56 Å². The van der Waals surface area contributed by atoms with E-state index in [1.54, 1.807) is 16.1 Å². The van der Waals surface area contributed by atoms with Crippen LogP contribution in [-0.2, 0) is 13.1 Å². The van der Waals surface area contributed by atoms with Crippen molar-refractivity contribution in [3.05, 3.63) is 60.7 Å². The molecule has 0 amide bonds. The van der Waals surface area contributed by atoms with Crippen molar-refractivity contribution in [2.24, 2.45) is 0 Å². The summed E-state index contributed by atoms with van der Waals surface area (Å²) < 4.78 is 3.37. The monoisotopic (exact) mass is 399 g/mol. The lowest BCUT2D eigenvalue weighted by atomic mass is 10.2. The first-order valence-electron chi connectivity index (χ1n) is 8.98. The maximum Gasteiger partial charge on any atom is 0.351 e. The van der Waals surface area contributed by atoms with Crippen molar-refractivity contribution >= 4 is 11.1 Å². The molecule has 0 saturated carbocycles. The van der Waals surface area contributed by atoms with Crippen LogP contribution in [-0.4, -0.2) is 24.1 Å². The number of fused-ring (bicyclic) bond motifs is 2. The molecule has 7 heteroatoms. The summed E-state index contributed by atoms with van der Waals surface area (Å²) in [4.78, 5) is 35.8. The second-order valence-corrected chi connectivity index (χ2v) is 7.31. The van der Waals surface area contributed by atoms with Crippen LogP contribution < -0.4 is 11.2 Å². The van der Waals surface area contributed by atoms with Crippen LogP contribution in [0, 0.1) is 20.8 Å². The third-order valence-corrected chi connectivity index (χ3v) is 5.39. The summed E-state index contributed by atoms with van der Waals surface area (Å²) in [6.45, 7) is 14.9. The summed E-state index contributed by atoms with van der Waals surface area (Å²) in [5.41, 5.74) is 6.18. The van der Waals surface area contributed by atoms with Crippen molar-refractivity contribution in [3.63, 3.8) is 0 Å². The molecule has 0 radical (unpaired) electrons. The topological polar surface area (TPSA) is 82.7 Å². The van der Waals surface area contributed by atoms with E-state index in [-0.39, 0.29) is 26.1 Å². The molecular weight excluding hydrogens is 366 g/mol. The Labute approximate surface area is 172 Å². The third-order valence-electron chi connectivity index (χ3n) is 5.39. The fraction of sp³-hybridized carbons (Fsp3) is 0.500. The highest BCUT2D eigenvalue weighted by Crippen LogP contribution is 2.24. The minimum Gasteiger partial charge on any atom is -0.289 e. The van der Waals surface area contributed by atoms with Gasteiger partial charge in [-0.2, -0.15) is 4.98 Å². The lowest BCUT2D eigenvalue weighted by molar-refractivity contribution is 0.694. The number of aryl methyl sites for hydroxylation is 2. The Bertz CT molecular complexity index is 1130. The van der Waals surface area contributed by atoms with Gasteiger partial charge in [-0.05, 0) is 70.8 Å². The Hall–Kier alpha value is -2.83. The highest BCUT2D eigenvalue weighted by Gasteiger charge is 2.20. The van der Waals surface area contributed by atoms with Crippen molar-refractivity contribution in [2.75, 3.05) is 0 Å². The predicted molar refractivity (Wildman–Crippen MR) is 119 cm³/mol. The summed E-state index contributed by atoms with van der Waals surface area (Å²) in [7, 11) is 0. The standard InChI is InChI=1S/C11H14N2O.C9H11N3O.2CH4/c1-6-5-13-10(7(6)2)12-9(4)8(3)11(13)14;1-5-4-12-8(6(5)2)10-7(3)11-9(12)13;;/h5H2,1-4H3;4H2,1-3H3;2*1H4. The molecule has 7 nitrogen and oxygen atoms in total. The summed E-state index contributed by atoms with van der Waals surface area (Å²) in [6.07, 6.45) is 0. The summed E-state index contributed by atoms with van der Waals surface area (Å²) in [6, 6.07) is 0. The molecule has 4 heterocycles. The minimum atomic E-state index is -0.196. The average Bonchev–Trinajstić information content (AvgIpc) is 3.05. The zero-order chi connectivity index (χ0) is 20.0. The van der Waals surface area contributed by atoms with Crippen LogP contribution in [0.15, 0.2) is 20.7 Å². The largest absolute Gasteiger partial charge is 0.351 e. The molecule has 0 spiro atoms. The van der Waals surface area contributed by atoms with Gasteiger partial charge in [-0.15, -0.1) is 0 Å². The quantitative estimate of drug-likeness (QED) is 0.675. The van der Waals surface area contributed by atoms with E-state index in [1.807, 2.05) is 41.5 Å². The number of hydrogen-bond donors (Lipinski definition) is 0. The van der Waals surface area contributed by atoms with Crippen molar-refractivity contribution in [1.29, 1.82) is 0 Å². The van der Waals surface area contributed by atoms with Crippen LogP contribution in [0.4, 0.5) is 0 Å². The SMILES string of the molecule is C.C.CC1=C(C)c2nc(C)c(C)c(=O)n2C1.CC1=C(C)c2nc(C)nc(=O)n2C1. The second-order valence-electron chi connectivity index (χ2n) is 7.31. The Balaban J connectivity index is 0.000000272. The first kappa shape index (κ1) is 24.2. The molecule has 0 saturated heterocycles. The summed E-state index contributed by atoms with van der Waals surface area (Å²) >= 11 is 0. The average molecular weight is 400 g/mol. The molecule has 0 atom stereocenters. The van der Waals surface area contributed by atoms with Crippen LogP contribution in [0.1, 0.15) is 71.3 Å². The van der Waals surface area contributed by atoms with Gasteiger partial charge in [0.15, 0.2) is 0 Å². The van der Waals surface area contributed by atoms with Gasteiger partial charge in [0.2, 0.25) is 0 Å². The maximum atomic E-state index is 11.9. The first-order valence-corrected chi connectivity index (χ1v) is 8.98. The molecule has 0 bridgehead atoms. The second kappa shape index (κ2) is 8.68. The van der Waals surface area contributed by atoms with E-state index in [0.717, 1.165) is 34.1 Å². The molecule has 2 aromatic heterocycles. The maximum absolute atomic E-state index is 11.9. The highest BCUT2D eigenvalue weighted by atomic mass is 16.1. The van der Waals surface area contributed by atoms with Crippen LogP contribution >= 0.6 is 0 Å². The smallest absolute Gasteiger partial charge is 0.289 e. The van der Waals surface area contributed by atoms with Gasteiger partial charge in [-0.1, -0.05) is 14.9 Å². The minimum absolute atomic E-state index is 0. The fourth-order valence-electron chi connectivity index (χ4n) is 3.24. The molecule has 0 aromatic carbocycles. The fourth-order valence-corrected chi connectivity index (χ4v) is 3.24. The normalized spacial score (nSPS) is 13.9. The van der Waals surface area contributed by atoms with Crippen molar-refractivity contribution < 1.29 is 0 Å². The molecule has 2 aliphatic rings. The molecule has 158 valence electrons. The summed E-state index contributed by atoms with van der Waals surface area (Å²) in [5, 5.41) is 0. The number of nitrogens with zero attached hydrogens (tertiary/aromatic N) is 5.